The van der Waals surface area contributed by atoms with Crippen LogP contribution >= 0.6 is 27.5 Å². The monoisotopic (exact) mass is 558 g/mol. The van der Waals surface area contributed by atoms with E-state index in [9.17, 15) is 18.4 Å². The molecule has 1 heterocycles. The minimum absolute atomic E-state index is 0.0133. The first kappa shape index (κ1) is 30.2. The average molecular weight is 560 g/mol. The number of rotatable bonds is 7. The van der Waals surface area contributed by atoms with Crippen LogP contribution in [-0.4, -0.2) is 27.9 Å². The lowest BCUT2D eigenvalue weighted by Crippen LogP contribution is -2.37. The van der Waals surface area contributed by atoms with Crippen molar-refractivity contribution in [3.63, 3.8) is 0 Å². The van der Waals surface area contributed by atoms with Crippen molar-refractivity contribution in [2.24, 2.45) is 5.73 Å². The van der Waals surface area contributed by atoms with Crippen LogP contribution in [0, 0.1) is 11.6 Å². The normalized spacial score (nSPS) is 14.8. The molecule has 1 fully saturated rings. The second-order valence-corrected chi connectivity index (χ2v) is 9.33. The Hall–Kier alpha value is -1.83. The van der Waals surface area contributed by atoms with Gasteiger partial charge in [-0.15, -0.1) is 0 Å². The minimum Gasteiger partial charge on any atom is -0.336 e. The topological polar surface area (TPSA) is 63.4 Å². The Bertz CT molecular complexity index is 864. The summed E-state index contributed by atoms with van der Waals surface area (Å²) >= 11 is 8.30. The van der Waals surface area contributed by atoms with Crippen molar-refractivity contribution in [2.45, 2.75) is 64.5 Å². The number of hydrogen-bond acceptors (Lipinski definition) is 3. The molecule has 3 rings (SSSR count). The molecule has 0 bridgehead atoms. The Morgan fingerprint density at radius 3 is 1.97 bits per heavy atom. The second kappa shape index (κ2) is 16.7. The third-order valence-corrected chi connectivity index (χ3v) is 6.08. The summed E-state index contributed by atoms with van der Waals surface area (Å²) in [6.45, 7) is 4.68. The maximum Gasteiger partial charge on any atom is 0.223 e. The zero-order valence-electron chi connectivity index (χ0n) is 19.8. The summed E-state index contributed by atoms with van der Waals surface area (Å²) in [5.74, 6) is -0.242. The van der Waals surface area contributed by atoms with Crippen molar-refractivity contribution in [1.29, 1.82) is 0 Å². The molecule has 2 atom stereocenters. The summed E-state index contributed by atoms with van der Waals surface area (Å²) in [5, 5.41) is 0.725. The number of hydrogen-bond donors (Lipinski definition) is 1. The summed E-state index contributed by atoms with van der Waals surface area (Å²) in [5.41, 5.74) is 7.50. The van der Waals surface area contributed by atoms with Gasteiger partial charge in [-0.2, -0.15) is 0 Å². The number of amides is 1. The van der Waals surface area contributed by atoms with Gasteiger partial charge in [0.05, 0.1) is 6.04 Å². The summed E-state index contributed by atoms with van der Waals surface area (Å²) in [7, 11) is 0. The largest absolute Gasteiger partial charge is 0.336 e. The molecular weight excluding hydrogens is 526 g/mol. The lowest BCUT2D eigenvalue weighted by Gasteiger charge is -2.32. The number of carbonyl (C=O) groups excluding carboxylic acids is 2. The number of carbonyl (C=O) groups is 2. The quantitative estimate of drug-likeness (QED) is 0.224. The van der Waals surface area contributed by atoms with Gasteiger partial charge in [0.1, 0.15) is 11.6 Å². The van der Waals surface area contributed by atoms with E-state index in [1.165, 1.54) is 24.3 Å². The number of alkyl halides is 1. The first-order chi connectivity index (χ1) is 16.1. The predicted molar refractivity (Wildman–Crippen MR) is 138 cm³/mol. The van der Waals surface area contributed by atoms with Gasteiger partial charge in [-0.3, -0.25) is 9.59 Å². The van der Waals surface area contributed by atoms with Gasteiger partial charge in [0, 0.05) is 30.8 Å². The zero-order valence-corrected chi connectivity index (χ0v) is 22.1. The van der Waals surface area contributed by atoms with Crippen molar-refractivity contribution in [3.8, 4) is 0 Å². The van der Waals surface area contributed by atoms with Gasteiger partial charge in [-0.05, 0) is 86.5 Å². The fraction of sp³-hybridized carbons (Fsp3) is 0.462. The van der Waals surface area contributed by atoms with Crippen LogP contribution in [0.1, 0.15) is 75.6 Å². The van der Waals surface area contributed by atoms with Crippen molar-refractivity contribution in [2.75, 3.05) is 11.9 Å². The van der Waals surface area contributed by atoms with E-state index >= 15 is 0 Å². The number of nitrogens with zero attached hydrogens (tertiary/aromatic N) is 1. The number of benzene rings is 2. The zero-order chi connectivity index (χ0) is 25.5. The molecule has 1 aliphatic heterocycles. The molecule has 0 saturated carbocycles. The van der Waals surface area contributed by atoms with Crippen LogP contribution in [0.5, 0.6) is 0 Å². The fourth-order valence-corrected chi connectivity index (χ4v) is 3.81. The average Bonchev–Trinajstić information content (AvgIpc) is 2.81. The van der Waals surface area contributed by atoms with Crippen molar-refractivity contribution in [3.05, 3.63) is 71.3 Å². The summed E-state index contributed by atoms with van der Waals surface area (Å²) in [6.07, 6.45) is 5.13. The molecule has 0 radical (unpaired) electrons. The van der Waals surface area contributed by atoms with Crippen LogP contribution in [0.3, 0.4) is 0 Å². The van der Waals surface area contributed by atoms with Crippen LogP contribution < -0.4 is 5.73 Å². The van der Waals surface area contributed by atoms with Crippen molar-refractivity contribution < 1.29 is 18.4 Å². The van der Waals surface area contributed by atoms with Crippen LogP contribution in [0.15, 0.2) is 48.5 Å². The minimum atomic E-state index is -0.235. The Morgan fingerprint density at radius 2 is 1.53 bits per heavy atom. The molecule has 1 saturated heterocycles. The van der Waals surface area contributed by atoms with Gasteiger partial charge in [-0.1, -0.05) is 40.2 Å². The Labute approximate surface area is 215 Å². The summed E-state index contributed by atoms with van der Waals surface area (Å²) < 4.78 is 25.1. The second-order valence-electron chi connectivity index (χ2n) is 8.11. The molecule has 4 nitrogen and oxygen atoms in total. The third kappa shape index (κ3) is 12.0. The number of likely N-dealkylation sites (tertiary alicyclic amines) is 1. The molecule has 0 aliphatic carbocycles. The van der Waals surface area contributed by atoms with Crippen LogP contribution in [0.25, 0.3) is 0 Å². The lowest BCUT2D eigenvalue weighted by atomic mass is 10.0. The standard InChI is InChI=1S/C13H16FNO.C8H10FN.C5H8BrClO/c1-10(11-5-7-12(14)8-6-11)15-9-3-2-4-13(15)16;1-6(10)7-2-4-8(9)5-3-7;6-4-2-1-3-5(7)8/h5-8,10H,2-4,9H2,1H3;2-6H,10H2,1H3;1-4H2/t10-;6-;/m00./s1. The first-order valence-electron chi connectivity index (χ1n) is 11.5. The smallest absolute Gasteiger partial charge is 0.223 e. The first-order valence-corrected chi connectivity index (χ1v) is 13.0. The highest BCUT2D eigenvalue weighted by molar-refractivity contribution is 9.09. The van der Waals surface area contributed by atoms with Crippen LogP contribution in [-0.2, 0) is 9.59 Å². The van der Waals surface area contributed by atoms with E-state index in [2.05, 4.69) is 15.9 Å². The van der Waals surface area contributed by atoms with E-state index in [4.69, 9.17) is 17.3 Å². The van der Waals surface area contributed by atoms with E-state index in [1.54, 1.807) is 24.3 Å². The number of piperidine rings is 1. The molecule has 188 valence electrons. The molecule has 1 amide bonds. The molecular formula is C26H34BrClF2N2O2. The Kier molecular flexibility index (Phi) is 14.9. The Morgan fingerprint density at radius 1 is 1.00 bits per heavy atom. The van der Waals surface area contributed by atoms with Gasteiger partial charge in [0.2, 0.25) is 11.1 Å². The fourth-order valence-electron chi connectivity index (χ4n) is 3.28. The van der Waals surface area contributed by atoms with E-state index in [1.807, 2.05) is 18.7 Å². The van der Waals surface area contributed by atoms with E-state index in [-0.39, 0.29) is 34.9 Å². The van der Waals surface area contributed by atoms with E-state index in [0.717, 1.165) is 48.7 Å². The Balaban J connectivity index is 0.000000277. The van der Waals surface area contributed by atoms with Gasteiger partial charge in [-0.25, -0.2) is 8.78 Å². The highest BCUT2D eigenvalue weighted by Gasteiger charge is 2.23. The lowest BCUT2D eigenvalue weighted by molar-refractivity contribution is -0.135. The van der Waals surface area contributed by atoms with Crippen molar-refractivity contribution >= 4 is 38.7 Å². The highest BCUT2D eigenvalue weighted by atomic mass is 79.9. The molecule has 2 N–H and O–H groups in total. The van der Waals surface area contributed by atoms with Crippen molar-refractivity contribution in [1.82, 2.24) is 4.90 Å². The predicted octanol–water partition coefficient (Wildman–Crippen LogP) is 7.06. The number of halogens is 4. The van der Waals surface area contributed by atoms with E-state index < -0.39 is 0 Å². The SMILES string of the molecule is C[C@@H](c1ccc(F)cc1)N1CCCCC1=O.C[C@H](N)c1ccc(F)cc1.O=C(Cl)CCCCBr. The molecule has 0 unspecified atom stereocenters. The van der Waals surface area contributed by atoms with Gasteiger partial charge in [0.15, 0.2) is 0 Å². The molecule has 0 aromatic heterocycles. The van der Waals surface area contributed by atoms with E-state index in [0.29, 0.717) is 12.8 Å². The molecule has 2 aromatic rings. The molecule has 34 heavy (non-hydrogen) atoms. The van der Waals surface area contributed by atoms with Gasteiger partial charge >= 0.3 is 0 Å². The van der Waals surface area contributed by atoms with Gasteiger partial charge in [0.25, 0.3) is 0 Å². The summed E-state index contributed by atoms with van der Waals surface area (Å²) in [4.78, 5) is 23.7. The molecule has 8 heteroatoms. The number of unbranched alkanes of at least 4 members (excludes halogenated alkanes) is 1. The molecule has 2 aromatic carbocycles. The van der Waals surface area contributed by atoms with Gasteiger partial charge < -0.3 is 10.6 Å². The molecule has 0 spiro atoms. The molecule has 1 aliphatic rings. The third-order valence-electron chi connectivity index (χ3n) is 5.33. The van der Waals surface area contributed by atoms with Crippen LogP contribution in [0.2, 0.25) is 0 Å². The maximum atomic E-state index is 12.8. The van der Waals surface area contributed by atoms with Crippen LogP contribution in [0.4, 0.5) is 8.78 Å². The maximum absolute atomic E-state index is 12.8. The highest BCUT2D eigenvalue weighted by Crippen LogP contribution is 2.24. The summed E-state index contributed by atoms with van der Waals surface area (Å²) in [6, 6.07) is 12.6. The number of nitrogens with two attached hydrogens (primary N) is 1.